The number of hydrogen-bond donors (Lipinski definition) is 3. The molecule has 0 bridgehead atoms. The number of carbonyl (C=O) groups is 2. The Balaban J connectivity index is 1.59. The van der Waals surface area contributed by atoms with Gasteiger partial charge < -0.3 is 16.0 Å². The molecule has 0 radical (unpaired) electrons. The van der Waals surface area contributed by atoms with E-state index in [0.717, 1.165) is 11.3 Å². The topological polar surface area (TPSA) is 83.1 Å². The van der Waals surface area contributed by atoms with Crippen LogP contribution in [0.25, 0.3) is 10.9 Å². The molecule has 6 nitrogen and oxygen atoms in total. The molecule has 3 aromatic carbocycles. The van der Waals surface area contributed by atoms with Crippen molar-refractivity contribution in [3.63, 3.8) is 0 Å². The molecule has 0 saturated carbocycles. The van der Waals surface area contributed by atoms with E-state index in [1.807, 2.05) is 19.9 Å². The van der Waals surface area contributed by atoms with Gasteiger partial charge in [-0.25, -0.2) is 4.79 Å². The predicted octanol–water partition coefficient (Wildman–Crippen LogP) is 7.05. The fourth-order valence-electron chi connectivity index (χ4n) is 3.34. The van der Waals surface area contributed by atoms with Gasteiger partial charge in [0.05, 0.1) is 21.8 Å². The lowest BCUT2D eigenvalue weighted by atomic mass is 10.1. The maximum atomic E-state index is 12.8. The van der Waals surface area contributed by atoms with E-state index in [-0.39, 0.29) is 5.91 Å². The van der Waals surface area contributed by atoms with Gasteiger partial charge in [-0.2, -0.15) is 0 Å². The van der Waals surface area contributed by atoms with Crippen LogP contribution in [0.4, 0.5) is 21.9 Å². The predicted molar refractivity (Wildman–Crippen MR) is 135 cm³/mol. The smallest absolute Gasteiger partial charge is 0.321 e. The number of nitrogens with one attached hydrogen (secondary N) is 3. The number of amides is 3. The lowest BCUT2D eigenvalue weighted by Crippen LogP contribution is -2.19. The number of aryl methyl sites for hydroxylation is 2. The number of halogens is 2. The van der Waals surface area contributed by atoms with Crippen molar-refractivity contribution in [2.24, 2.45) is 0 Å². The highest BCUT2D eigenvalue weighted by atomic mass is 35.5. The fourth-order valence-corrected chi connectivity index (χ4v) is 3.74. The number of carbonyl (C=O) groups excluding carboxylic acids is 2. The van der Waals surface area contributed by atoms with E-state index in [2.05, 4.69) is 20.9 Å². The van der Waals surface area contributed by atoms with Crippen LogP contribution in [-0.2, 0) is 0 Å². The SMILES string of the molecule is Cc1cc(NC(=O)c2ccccc2Cl)c2cc(NC(=O)Nc3ccc(C)c(Cl)c3)ccc2n1. The van der Waals surface area contributed by atoms with Crippen molar-refractivity contribution >= 4 is 63.1 Å². The zero-order valence-electron chi connectivity index (χ0n) is 17.9. The summed E-state index contributed by atoms with van der Waals surface area (Å²) in [5.74, 6) is -0.333. The molecule has 0 fully saturated rings. The second-order valence-corrected chi connectivity index (χ2v) is 8.33. The summed E-state index contributed by atoms with van der Waals surface area (Å²) in [6.07, 6.45) is 0. The van der Waals surface area contributed by atoms with Crippen molar-refractivity contribution in [2.45, 2.75) is 13.8 Å². The average Bonchev–Trinajstić information content (AvgIpc) is 2.77. The summed E-state index contributed by atoms with van der Waals surface area (Å²) >= 11 is 12.3. The number of fused-ring (bicyclic) bond motifs is 1. The Morgan fingerprint density at radius 1 is 0.788 bits per heavy atom. The van der Waals surface area contributed by atoms with Crippen molar-refractivity contribution in [3.05, 3.63) is 93.6 Å². The molecule has 33 heavy (non-hydrogen) atoms. The van der Waals surface area contributed by atoms with Crippen molar-refractivity contribution < 1.29 is 9.59 Å². The van der Waals surface area contributed by atoms with Gasteiger partial charge in [-0.3, -0.25) is 9.78 Å². The molecular formula is C25H20Cl2N4O2. The van der Waals surface area contributed by atoms with Crippen LogP contribution in [0.3, 0.4) is 0 Å². The molecule has 0 spiro atoms. The minimum Gasteiger partial charge on any atom is -0.321 e. The first-order valence-electron chi connectivity index (χ1n) is 10.1. The molecule has 0 aliphatic carbocycles. The number of hydrogen-bond acceptors (Lipinski definition) is 3. The minimum atomic E-state index is -0.420. The number of nitrogens with zero attached hydrogens (tertiary/aromatic N) is 1. The highest BCUT2D eigenvalue weighted by Crippen LogP contribution is 2.28. The summed E-state index contributed by atoms with van der Waals surface area (Å²) < 4.78 is 0. The standard InChI is InChI=1S/C25H20Cl2N4O2/c1-14-7-8-17(13-21(14)27)30-25(33)29-16-9-10-22-19(12-16)23(11-15(2)28-22)31-24(32)18-5-3-4-6-20(18)26/h3-13H,1-2H3,(H,28,31,32)(H2,29,30,33). The van der Waals surface area contributed by atoms with Crippen LogP contribution in [0.15, 0.2) is 66.7 Å². The van der Waals surface area contributed by atoms with Crippen molar-refractivity contribution in [2.75, 3.05) is 16.0 Å². The van der Waals surface area contributed by atoms with Gasteiger partial charge in [-0.1, -0.05) is 41.4 Å². The van der Waals surface area contributed by atoms with E-state index >= 15 is 0 Å². The highest BCUT2D eigenvalue weighted by molar-refractivity contribution is 6.34. The molecule has 166 valence electrons. The van der Waals surface area contributed by atoms with Crippen LogP contribution in [0.1, 0.15) is 21.6 Å². The van der Waals surface area contributed by atoms with Crippen LogP contribution >= 0.6 is 23.2 Å². The van der Waals surface area contributed by atoms with Gasteiger partial charge in [-0.15, -0.1) is 0 Å². The third-order valence-corrected chi connectivity index (χ3v) is 5.73. The minimum absolute atomic E-state index is 0.333. The van der Waals surface area contributed by atoms with Crippen molar-refractivity contribution in [1.29, 1.82) is 0 Å². The van der Waals surface area contributed by atoms with Crippen LogP contribution in [0.5, 0.6) is 0 Å². The van der Waals surface area contributed by atoms with Gasteiger partial charge >= 0.3 is 6.03 Å². The highest BCUT2D eigenvalue weighted by Gasteiger charge is 2.14. The second kappa shape index (κ2) is 9.48. The Hall–Kier alpha value is -3.61. The van der Waals surface area contributed by atoms with Crippen LogP contribution in [0.2, 0.25) is 10.0 Å². The van der Waals surface area contributed by atoms with E-state index in [4.69, 9.17) is 23.2 Å². The number of pyridine rings is 1. The number of anilines is 3. The lowest BCUT2D eigenvalue weighted by molar-refractivity contribution is 0.102. The van der Waals surface area contributed by atoms with Crippen LogP contribution in [-0.4, -0.2) is 16.9 Å². The number of aromatic nitrogens is 1. The molecule has 0 aliphatic rings. The second-order valence-electron chi connectivity index (χ2n) is 7.52. The van der Waals surface area contributed by atoms with Gasteiger partial charge in [0.15, 0.2) is 0 Å². The summed E-state index contributed by atoms with van der Waals surface area (Å²) in [6, 6.07) is 18.8. The molecule has 1 aromatic heterocycles. The van der Waals surface area contributed by atoms with Gasteiger partial charge in [-0.05, 0) is 67.9 Å². The molecule has 0 aliphatic heterocycles. The monoisotopic (exact) mass is 478 g/mol. The Morgan fingerprint density at radius 3 is 2.21 bits per heavy atom. The maximum Gasteiger partial charge on any atom is 0.323 e. The Bertz CT molecular complexity index is 1390. The number of benzene rings is 3. The molecule has 1 heterocycles. The third kappa shape index (κ3) is 5.25. The quantitative estimate of drug-likeness (QED) is 0.293. The summed E-state index contributed by atoms with van der Waals surface area (Å²) in [5.41, 5.74) is 4.40. The van der Waals surface area contributed by atoms with E-state index in [1.165, 1.54) is 0 Å². The first kappa shape index (κ1) is 22.6. The summed E-state index contributed by atoms with van der Waals surface area (Å²) in [7, 11) is 0. The average molecular weight is 479 g/mol. The van der Waals surface area contributed by atoms with Gasteiger partial charge in [0.1, 0.15) is 0 Å². The Labute approximate surface area is 200 Å². The lowest BCUT2D eigenvalue weighted by Gasteiger charge is -2.13. The summed E-state index contributed by atoms with van der Waals surface area (Å²) in [6.45, 7) is 3.73. The zero-order chi connectivity index (χ0) is 23.5. The summed E-state index contributed by atoms with van der Waals surface area (Å²) in [5, 5.41) is 10.1. The number of urea groups is 1. The molecule has 0 atom stereocenters. The van der Waals surface area contributed by atoms with E-state index < -0.39 is 6.03 Å². The Morgan fingerprint density at radius 2 is 1.48 bits per heavy atom. The maximum absolute atomic E-state index is 12.8. The molecule has 4 aromatic rings. The van der Waals surface area contributed by atoms with Crippen molar-refractivity contribution in [3.8, 4) is 0 Å². The molecule has 0 unspecified atom stereocenters. The molecule has 3 amide bonds. The van der Waals surface area contributed by atoms with Gasteiger partial charge in [0.2, 0.25) is 0 Å². The van der Waals surface area contributed by atoms with E-state index in [0.29, 0.717) is 43.6 Å². The van der Waals surface area contributed by atoms with Gasteiger partial charge in [0, 0.05) is 27.5 Å². The zero-order valence-corrected chi connectivity index (χ0v) is 19.4. The normalized spacial score (nSPS) is 10.7. The van der Waals surface area contributed by atoms with Gasteiger partial charge in [0.25, 0.3) is 5.91 Å². The molecular weight excluding hydrogens is 459 g/mol. The van der Waals surface area contributed by atoms with Crippen LogP contribution < -0.4 is 16.0 Å². The largest absolute Gasteiger partial charge is 0.323 e. The van der Waals surface area contributed by atoms with E-state index in [1.54, 1.807) is 60.7 Å². The first-order chi connectivity index (χ1) is 15.8. The summed E-state index contributed by atoms with van der Waals surface area (Å²) in [4.78, 5) is 29.8. The molecule has 3 N–H and O–H groups in total. The number of rotatable bonds is 4. The third-order valence-electron chi connectivity index (χ3n) is 4.99. The molecule has 4 rings (SSSR count). The first-order valence-corrected chi connectivity index (χ1v) is 10.9. The van der Waals surface area contributed by atoms with Crippen LogP contribution in [0, 0.1) is 13.8 Å². The fraction of sp³-hybridized carbons (Fsp3) is 0.0800. The van der Waals surface area contributed by atoms with E-state index in [9.17, 15) is 9.59 Å². The van der Waals surface area contributed by atoms with Crippen molar-refractivity contribution in [1.82, 2.24) is 4.98 Å². The Kier molecular flexibility index (Phi) is 6.49. The molecule has 0 saturated heterocycles. The molecule has 8 heteroatoms.